The van der Waals surface area contributed by atoms with Gasteiger partial charge < -0.3 is 5.73 Å². The highest BCUT2D eigenvalue weighted by Gasteiger charge is 2.28. The fourth-order valence-electron chi connectivity index (χ4n) is 1.48. The molecule has 0 radical (unpaired) electrons. The van der Waals surface area contributed by atoms with Gasteiger partial charge in [-0.3, -0.25) is 4.79 Å². The van der Waals surface area contributed by atoms with Crippen LogP contribution in [0.25, 0.3) is 0 Å². The molecular formula is C14H24N2OS. The van der Waals surface area contributed by atoms with Crippen LogP contribution in [-0.4, -0.2) is 16.8 Å². The molecule has 18 heavy (non-hydrogen) atoms. The van der Waals surface area contributed by atoms with Crippen LogP contribution in [0.3, 0.4) is 0 Å². The molecule has 0 spiro atoms. The number of hydrogen-bond acceptors (Lipinski definition) is 4. The average Bonchev–Trinajstić information content (AvgIpc) is 2.62. The molecule has 0 saturated heterocycles. The monoisotopic (exact) mass is 268 g/mol. The predicted molar refractivity (Wildman–Crippen MR) is 77.0 cm³/mol. The van der Waals surface area contributed by atoms with Crippen molar-refractivity contribution in [2.24, 2.45) is 11.1 Å². The van der Waals surface area contributed by atoms with E-state index in [1.54, 1.807) is 11.3 Å². The Bertz CT molecular complexity index is 424. The maximum atomic E-state index is 12.1. The van der Waals surface area contributed by atoms with Gasteiger partial charge >= 0.3 is 0 Å². The molecule has 1 unspecified atom stereocenters. The number of ketones is 1. The number of rotatable bonds is 3. The second-order valence-corrected chi connectivity index (χ2v) is 7.81. The summed E-state index contributed by atoms with van der Waals surface area (Å²) in [6, 6.07) is -0.431. The summed E-state index contributed by atoms with van der Waals surface area (Å²) in [5, 5.41) is 2.90. The minimum Gasteiger partial charge on any atom is -0.321 e. The molecule has 1 atom stereocenters. The number of Topliss-reactive ketones (excluding diaryl/α,β-unsaturated/α-hetero) is 1. The van der Waals surface area contributed by atoms with Gasteiger partial charge in [0.25, 0.3) is 0 Å². The van der Waals surface area contributed by atoms with E-state index < -0.39 is 6.04 Å². The number of hydrogen-bond donors (Lipinski definition) is 1. The number of carbonyl (C=O) groups excluding carboxylic acids is 1. The quantitative estimate of drug-likeness (QED) is 0.917. The van der Waals surface area contributed by atoms with Crippen LogP contribution in [0.5, 0.6) is 0 Å². The Balaban J connectivity index is 2.75. The summed E-state index contributed by atoms with van der Waals surface area (Å²) in [5.41, 5.74) is 6.84. The lowest BCUT2D eigenvalue weighted by Gasteiger charge is -2.25. The molecule has 0 aliphatic rings. The van der Waals surface area contributed by atoms with E-state index in [-0.39, 0.29) is 16.6 Å². The fourth-order valence-corrected chi connectivity index (χ4v) is 2.51. The normalized spacial score (nSPS) is 14.6. The van der Waals surface area contributed by atoms with Gasteiger partial charge in [-0.25, -0.2) is 4.98 Å². The van der Waals surface area contributed by atoms with Crippen molar-refractivity contribution in [3.63, 3.8) is 0 Å². The van der Waals surface area contributed by atoms with Crippen LogP contribution in [0.1, 0.15) is 52.2 Å². The summed E-state index contributed by atoms with van der Waals surface area (Å²) in [6.45, 7) is 12.3. The number of thiazole rings is 1. The third kappa shape index (κ3) is 3.89. The van der Waals surface area contributed by atoms with Gasteiger partial charge in [0, 0.05) is 10.8 Å². The highest BCUT2D eigenvalue weighted by molar-refractivity contribution is 7.09. The zero-order valence-corrected chi connectivity index (χ0v) is 13.0. The molecule has 0 aromatic carbocycles. The maximum Gasteiger partial charge on any atom is 0.156 e. The van der Waals surface area contributed by atoms with E-state index >= 15 is 0 Å². The van der Waals surface area contributed by atoms with E-state index in [0.717, 1.165) is 10.7 Å². The number of nitrogens with zero attached hydrogens (tertiary/aromatic N) is 1. The summed E-state index contributed by atoms with van der Waals surface area (Å²) in [4.78, 5) is 16.6. The standard InChI is InChI=1S/C14H24N2OS/c1-13(2,3)10-8-18-11(16-10)7-9(17)12(15)14(4,5)6/h8,12H,7,15H2,1-6H3. The van der Waals surface area contributed by atoms with Gasteiger partial charge in [-0.15, -0.1) is 11.3 Å². The lowest BCUT2D eigenvalue weighted by Crippen LogP contribution is -2.43. The van der Waals surface area contributed by atoms with Crippen molar-refractivity contribution in [2.75, 3.05) is 0 Å². The largest absolute Gasteiger partial charge is 0.321 e. The Morgan fingerprint density at radius 2 is 1.89 bits per heavy atom. The predicted octanol–water partition coefficient (Wildman–Crippen LogP) is 2.93. The third-order valence-corrected chi connectivity index (χ3v) is 3.77. The van der Waals surface area contributed by atoms with Crippen molar-refractivity contribution in [3.05, 3.63) is 16.1 Å². The van der Waals surface area contributed by atoms with Crippen molar-refractivity contribution < 1.29 is 4.79 Å². The third-order valence-electron chi connectivity index (χ3n) is 2.93. The van der Waals surface area contributed by atoms with E-state index in [9.17, 15) is 4.79 Å². The first-order valence-corrected chi connectivity index (χ1v) is 7.13. The SMILES string of the molecule is CC(C)(C)c1csc(CC(=O)C(N)C(C)(C)C)n1. The van der Waals surface area contributed by atoms with Crippen molar-refractivity contribution >= 4 is 17.1 Å². The number of aromatic nitrogens is 1. The average molecular weight is 268 g/mol. The van der Waals surface area contributed by atoms with Crippen molar-refractivity contribution in [1.29, 1.82) is 0 Å². The van der Waals surface area contributed by atoms with Crippen LogP contribution in [-0.2, 0) is 16.6 Å². The van der Waals surface area contributed by atoms with Gasteiger partial charge in [0.05, 0.1) is 18.2 Å². The molecule has 1 aromatic heterocycles. The molecule has 4 heteroatoms. The van der Waals surface area contributed by atoms with Gasteiger partial charge in [-0.2, -0.15) is 0 Å². The molecule has 0 amide bonds. The van der Waals surface area contributed by atoms with Gasteiger partial charge in [0.1, 0.15) is 5.01 Å². The second-order valence-electron chi connectivity index (χ2n) is 6.86. The molecule has 1 aromatic rings. The molecule has 0 aliphatic heterocycles. The van der Waals surface area contributed by atoms with Crippen LogP contribution >= 0.6 is 11.3 Å². The van der Waals surface area contributed by atoms with Gasteiger partial charge in [0.2, 0.25) is 0 Å². The molecule has 1 rings (SSSR count). The minimum atomic E-state index is -0.431. The summed E-state index contributed by atoms with van der Waals surface area (Å²) in [6.07, 6.45) is 0.346. The Hall–Kier alpha value is -0.740. The molecule has 0 saturated carbocycles. The van der Waals surface area contributed by atoms with Crippen LogP contribution in [0.15, 0.2) is 5.38 Å². The van der Waals surface area contributed by atoms with E-state index in [0.29, 0.717) is 6.42 Å². The molecule has 2 N–H and O–H groups in total. The Morgan fingerprint density at radius 3 is 2.28 bits per heavy atom. The second kappa shape index (κ2) is 5.10. The summed E-state index contributed by atoms with van der Waals surface area (Å²) in [5.74, 6) is 0.0670. The molecule has 102 valence electrons. The van der Waals surface area contributed by atoms with Crippen LogP contribution < -0.4 is 5.73 Å². The van der Waals surface area contributed by atoms with E-state index in [4.69, 9.17) is 5.73 Å². The van der Waals surface area contributed by atoms with Gasteiger partial charge in [0.15, 0.2) is 5.78 Å². The first-order chi connectivity index (χ1) is 8.01. The first-order valence-electron chi connectivity index (χ1n) is 6.25. The topological polar surface area (TPSA) is 56.0 Å². The lowest BCUT2D eigenvalue weighted by molar-refractivity contribution is -0.121. The molecule has 0 fully saturated rings. The zero-order chi connectivity index (χ0) is 14.1. The highest BCUT2D eigenvalue weighted by Crippen LogP contribution is 2.25. The molecular weight excluding hydrogens is 244 g/mol. The Morgan fingerprint density at radius 1 is 1.33 bits per heavy atom. The highest BCUT2D eigenvalue weighted by atomic mass is 32.1. The van der Waals surface area contributed by atoms with Crippen molar-refractivity contribution in [2.45, 2.75) is 59.4 Å². The minimum absolute atomic E-state index is 0.0317. The van der Waals surface area contributed by atoms with Crippen LogP contribution in [0.2, 0.25) is 0 Å². The maximum absolute atomic E-state index is 12.1. The van der Waals surface area contributed by atoms with E-state index in [1.807, 2.05) is 26.2 Å². The van der Waals surface area contributed by atoms with Crippen molar-refractivity contribution in [3.8, 4) is 0 Å². The molecule has 1 heterocycles. The molecule has 0 bridgehead atoms. The van der Waals surface area contributed by atoms with Gasteiger partial charge in [-0.1, -0.05) is 41.5 Å². The number of nitrogens with two attached hydrogens (primary N) is 1. The van der Waals surface area contributed by atoms with Crippen LogP contribution in [0, 0.1) is 5.41 Å². The van der Waals surface area contributed by atoms with Crippen molar-refractivity contribution in [1.82, 2.24) is 4.98 Å². The summed E-state index contributed by atoms with van der Waals surface area (Å²) in [7, 11) is 0. The fraction of sp³-hybridized carbons (Fsp3) is 0.714. The lowest BCUT2D eigenvalue weighted by atomic mass is 9.84. The molecule has 0 aliphatic carbocycles. The summed E-state index contributed by atoms with van der Waals surface area (Å²) < 4.78 is 0. The smallest absolute Gasteiger partial charge is 0.156 e. The van der Waals surface area contributed by atoms with Crippen LogP contribution in [0.4, 0.5) is 0 Å². The Labute approximate surface area is 114 Å². The summed E-state index contributed by atoms with van der Waals surface area (Å²) >= 11 is 1.55. The number of carbonyl (C=O) groups is 1. The van der Waals surface area contributed by atoms with Gasteiger partial charge in [-0.05, 0) is 5.41 Å². The first kappa shape index (κ1) is 15.3. The Kier molecular flexibility index (Phi) is 4.34. The van der Waals surface area contributed by atoms with E-state index in [1.165, 1.54) is 0 Å². The van der Waals surface area contributed by atoms with E-state index in [2.05, 4.69) is 25.8 Å². The molecule has 3 nitrogen and oxygen atoms in total. The zero-order valence-electron chi connectivity index (χ0n) is 12.2.